The highest BCUT2D eigenvalue weighted by molar-refractivity contribution is 5.51. The van der Waals surface area contributed by atoms with Gasteiger partial charge in [-0.25, -0.2) is 0 Å². The summed E-state index contributed by atoms with van der Waals surface area (Å²) < 4.78 is 0. The molecular formula is C17H21N3. The lowest BCUT2D eigenvalue weighted by molar-refractivity contribution is 0.349. The van der Waals surface area contributed by atoms with Gasteiger partial charge in [0.1, 0.15) is 5.54 Å². The molecular weight excluding hydrogens is 246 g/mol. The van der Waals surface area contributed by atoms with Crippen molar-refractivity contribution in [3.05, 3.63) is 30.3 Å². The van der Waals surface area contributed by atoms with Crippen LogP contribution in [-0.2, 0) is 0 Å². The maximum atomic E-state index is 9.77. The van der Waals surface area contributed by atoms with Gasteiger partial charge in [0, 0.05) is 18.7 Å². The van der Waals surface area contributed by atoms with Crippen LogP contribution in [0.5, 0.6) is 0 Å². The Balaban J connectivity index is 2.15. The van der Waals surface area contributed by atoms with E-state index in [1.165, 1.54) is 0 Å². The second-order valence-corrected chi connectivity index (χ2v) is 5.45. The molecule has 0 aliphatic carbocycles. The zero-order valence-electron chi connectivity index (χ0n) is 11.9. The lowest BCUT2D eigenvalue weighted by Gasteiger charge is -2.44. The van der Waals surface area contributed by atoms with E-state index in [9.17, 15) is 5.26 Å². The van der Waals surface area contributed by atoms with Crippen molar-refractivity contribution in [2.24, 2.45) is 0 Å². The topological polar surface area (TPSA) is 50.8 Å². The van der Waals surface area contributed by atoms with Crippen molar-refractivity contribution in [1.29, 1.82) is 10.5 Å². The molecule has 0 aromatic heterocycles. The molecule has 104 valence electrons. The highest BCUT2D eigenvalue weighted by atomic mass is 15.2. The van der Waals surface area contributed by atoms with Gasteiger partial charge < -0.3 is 4.90 Å². The van der Waals surface area contributed by atoms with E-state index in [0.29, 0.717) is 6.42 Å². The number of nitriles is 2. The minimum Gasteiger partial charge on any atom is -0.353 e. The molecule has 1 fully saturated rings. The van der Waals surface area contributed by atoms with Gasteiger partial charge in [-0.3, -0.25) is 0 Å². The monoisotopic (exact) mass is 267 g/mol. The normalized spacial score (nSPS) is 22.0. The Morgan fingerprint density at radius 2 is 1.90 bits per heavy atom. The summed E-state index contributed by atoms with van der Waals surface area (Å²) in [4.78, 5) is 2.28. The molecule has 1 saturated heterocycles. The summed E-state index contributed by atoms with van der Waals surface area (Å²) in [6, 6.07) is 15.0. The lowest BCUT2D eigenvalue weighted by Crippen LogP contribution is -2.51. The number of anilines is 1. The van der Waals surface area contributed by atoms with E-state index in [2.05, 4.69) is 29.2 Å². The van der Waals surface area contributed by atoms with Crippen molar-refractivity contribution in [3.63, 3.8) is 0 Å². The number of para-hydroxylation sites is 1. The van der Waals surface area contributed by atoms with Crippen molar-refractivity contribution in [1.82, 2.24) is 0 Å². The maximum absolute atomic E-state index is 9.77. The summed E-state index contributed by atoms with van der Waals surface area (Å²) in [6.45, 7) is 0.954. The second-order valence-electron chi connectivity index (χ2n) is 5.45. The smallest absolute Gasteiger partial charge is 0.127 e. The van der Waals surface area contributed by atoms with Crippen LogP contribution in [0, 0.1) is 22.7 Å². The van der Waals surface area contributed by atoms with E-state index in [1.54, 1.807) is 0 Å². The van der Waals surface area contributed by atoms with Crippen molar-refractivity contribution < 1.29 is 0 Å². The van der Waals surface area contributed by atoms with Gasteiger partial charge in [0.2, 0.25) is 0 Å². The van der Waals surface area contributed by atoms with Crippen LogP contribution in [0.15, 0.2) is 30.3 Å². The van der Waals surface area contributed by atoms with E-state index in [1.807, 2.05) is 18.2 Å². The van der Waals surface area contributed by atoms with Crippen LogP contribution in [0.3, 0.4) is 0 Å². The summed E-state index contributed by atoms with van der Waals surface area (Å²) in [7, 11) is 0. The van der Waals surface area contributed by atoms with Gasteiger partial charge in [-0.05, 0) is 50.7 Å². The van der Waals surface area contributed by atoms with Crippen LogP contribution in [-0.4, -0.2) is 12.1 Å². The highest BCUT2D eigenvalue weighted by Crippen LogP contribution is 2.36. The van der Waals surface area contributed by atoms with E-state index in [-0.39, 0.29) is 5.54 Å². The summed E-state index contributed by atoms with van der Waals surface area (Å²) in [5.41, 5.74) is 0.767. The molecule has 1 heterocycles. The molecule has 1 atom stereocenters. The summed E-state index contributed by atoms with van der Waals surface area (Å²) in [5.74, 6) is 0. The third-order valence-corrected chi connectivity index (χ3v) is 4.14. The molecule has 3 nitrogen and oxygen atoms in total. The average molecular weight is 267 g/mol. The Hall–Kier alpha value is -2.00. The maximum Gasteiger partial charge on any atom is 0.127 e. The van der Waals surface area contributed by atoms with Gasteiger partial charge in [-0.15, -0.1) is 0 Å². The number of piperidine rings is 1. The van der Waals surface area contributed by atoms with E-state index >= 15 is 0 Å². The molecule has 20 heavy (non-hydrogen) atoms. The molecule has 0 radical (unpaired) electrons. The Labute approximate surface area is 121 Å². The first kappa shape index (κ1) is 14.4. The van der Waals surface area contributed by atoms with Crippen LogP contribution in [0.1, 0.15) is 44.9 Å². The van der Waals surface area contributed by atoms with Gasteiger partial charge in [-0.1, -0.05) is 18.2 Å². The fourth-order valence-corrected chi connectivity index (χ4v) is 3.07. The highest BCUT2D eigenvalue weighted by Gasteiger charge is 2.38. The Bertz CT molecular complexity index is 497. The number of unbranched alkanes of at least 4 members (excludes halogenated alkanes) is 2. The molecule has 2 rings (SSSR count). The minimum absolute atomic E-state index is 0.380. The van der Waals surface area contributed by atoms with Gasteiger partial charge in [0.15, 0.2) is 0 Å². The number of hydrogen-bond acceptors (Lipinski definition) is 3. The summed E-state index contributed by atoms with van der Waals surface area (Å²) in [6.07, 6.45) is 6.50. The first-order valence-electron chi connectivity index (χ1n) is 7.43. The van der Waals surface area contributed by atoms with E-state index < -0.39 is 0 Å². The Morgan fingerprint density at radius 3 is 2.60 bits per heavy atom. The fraction of sp³-hybridized carbons (Fsp3) is 0.529. The van der Waals surface area contributed by atoms with Gasteiger partial charge in [0.05, 0.1) is 12.1 Å². The van der Waals surface area contributed by atoms with Crippen LogP contribution in [0.2, 0.25) is 0 Å². The lowest BCUT2D eigenvalue weighted by atomic mass is 9.82. The molecule has 0 N–H and O–H groups in total. The molecule has 0 amide bonds. The van der Waals surface area contributed by atoms with Crippen molar-refractivity contribution in [2.75, 3.05) is 11.4 Å². The van der Waals surface area contributed by atoms with E-state index in [4.69, 9.17) is 5.26 Å². The Morgan fingerprint density at radius 1 is 1.10 bits per heavy atom. The van der Waals surface area contributed by atoms with Crippen LogP contribution < -0.4 is 4.90 Å². The largest absolute Gasteiger partial charge is 0.353 e. The zero-order chi connectivity index (χ0) is 14.3. The Kier molecular flexibility index (Phi) is 5.02. The molecule has 0 saturated carbocycles. The van der Waals surface area contributed by atoms with Gasteiger partial charge >= 0.3 is 0 Å². The van der Waals surface area contributed by atoms with Gasteiger partial charge in [0.25, 0.3) is 0 Å². The first-order chi connectivity index (χ1) is 9.82. The van der Waals surface area contributed by atoms with Crippen molar-refractivity contribution in [2.45, 2.75) is 50.5 Å². The number of benzene rings is 1. The molecule has 3 heteroatoms. The average Bonchev–Trinajstić information content (AvgIpc) is 2.53. The minimum atomic E-state index is -0.380. The molecule has 1 unspecified atom stereocenters. The number of rotatable bonds is 5. The van der Waals surface area contributed by atoms with Gasteiger partial charge in [-0.2, -0.15) is 10.5 Å². The SMILES string of the molecule is N#CCCCCC1(C#N)CCCCN1c1ccccc1. The van der Waals surface area contributed by atoms with Crippen molar-refractivity contribution >= 4 is 5.69 Å². The molecule has 1 aliphatic rings. The second kappa shape index (κ2) is 6.96. The van der Waals surface area contributed by atoms with Crippen LogP contribution in [0.4, 0.5) is 5.69 Å². The quantitative estimate of drug-likeness (QED) is 0.757. The van der Waals surface area contributed by atoms with Crippen molar-refractivity contribution in [3.8, 4) is 12.1 Å². The third kappa shape index (κ3) is 3.11. The number of nitrogens with zero attached hydrogens (tertiary/aromatic N) is 3. The predicted octanol–water partition coefficient (Wildman–Crippen LogP) is 4.02. The molecule has 1 aliphatic heterocycles. The number of hydrogen-bond donors (Lipinski definition) is 0. The standard InChI is InChI=1S/C17H21N3/c18-13-7-2-5-11-17(15-19)12-6-8-14-20(17)16-9-3-1-4-10-16/h1,3-4,9-10H,2,5-8,11-12,14H2. The summed E-state index contributed by atoms with van der Waals surface area (Å²) >= 11 is 0. The predicted molar refractivity (Wildman–Crippen MR) is 80.1 cm³/mol. The fourth-order valence-electron chi connectivity index (χ4n) is 3.07. The zero-order valence-corrected chi connectivity index (χ0v) is 11.9. The van der Waals surface area contributed by atoms with Crippen LogP contribution >= 0.6 is 0 Å². The third-order valence-electron chi connectivity index (χ3n) is 4.14. The molecule has 0 bridgehead atoms. The molecule has 0 spiro atoms. The molecule has 1 aromatic rings. The summed E-state index contributed by atoms with van der Waals surface area (Å²) in [5, 5.41) is 18.4. The van der Waals surface area contributed by atoms with Crippen LogP contribution in [0.25, 0.3) is 0 Å². The van der Waals surface area contributed by atoms with E-state index in [0.717, 1.165) is 50.8 Å². The first-order valence-corrected chi connectivity index (χ1v) is 7.43. The molecule has 1 aromatic carbocycles.